The molecule has 0 aliphatic heterocycles. The van der Waals surface area contributed by atoms with Crippen molar-refractivity contribution >= 4 is 70.7 Å². The quantitative estimate of drug-likeness (QED) is 0.0537. The normalized spacial score (nSPS) is 40.2. The van der Waals surface area contributed by atoms with E-state index >= 15 is 0 Å². The molecule has 4 amide bonds. The standard InChI is InChI=1S/4C16H27N5O2/c4*1-9-5-6-10(7-12(9)22)19-14-11(13(17)23)8-18-15(20-14)21-16(2,3)4/h4*8-10,12,22H,5-7H2,1-4H3,(H2,17,23)(H2,18,19,20,21)/i1D3,5D2,6D2,7D,9D,10D;1D3,5D2,6D2,9D,10D;1D3,5D2,6D2,10D;1D3,5D2,6D2. The zero-order valence-electron chi connectivity index (χ0n) is 86.9. The molecule has 4 fully saturated rings. The van der Waals surface area contributed by atoms with Crippen molar-refractivity contribution in [2.75, 3.05) is 42.5 Å². The zero-order valence-corrected chi connectivity index (χ0v) is 52.9. The van der Waals surface area contributed by atoms with Crippen molar-refractivity contribution in [3.63, 3.8) is 0 Å². The SMILES string of the molecule is [2H]C([2H])([2H])C1([2H])C(O)CC([2H])(Nc2nc(NC(C)(C)C)ncc2C(N)=O)C([2H])([2H])C1([2H])[2H].[2H]C([2H])([2H])C1C(O)CC(Nc2nc(NC(C)(C)C)ncc2C(N)=O)C([2H])([2H])C1([2H])[2H].[2H]C([2H])([2H])C1C(O)CC([2H])(Nc2nc(NC(C)(C)C)ncc2C(N)=O)C([2H])([2H])C1([2H])[2H].[2H]C1C(O)C([2H])(C([2H])([2H])[2H])C([2H])([2H])C([2H])([2H])C1([2H])Nc1nc(NC(C)(C)C)ncc1C(N)=O. The minimum Gasteiger partial charge on any atom is -0.393 e. The number of rotatable bonds is 16. The Bertz CT molecular complexity index is 4650. The summed E-state index contributed by atoms with van der Waals surface area (Å²) in [4.78, 5) is 79.5. The first-order valence-corrected chi connectivity index (χ1v) is 28.3. The molecule has 0 aromatic carbocycles. The Labute approximate surface area is 590 Å². The van der Waals surface area contributed by atoms with Crippen LogP contribution in [-0.4, -0.2) is 155 Å². The number of hydrogen-bond acceptors (Lipinski definition) is 24. The highest BCUT2D eigenvalue weighted by Gasteiger charge is 2.32. The number of hydrogen-bond donors (Lipinski definition) is 16. The van der Waals surface area contributed by atoms with Gasteiger partial charge in [-0.25, -0.2) is 19.9 Å². The maximum Gasteiger partial charge on any atom is 0.254 e. The van der Waals surface area contributed by atoms with Gasteiger partial charge in [0.05, 0.1) is 50.8 Å². The zero-order chi connectivity index (χ0) is 98.6. The number of amides is 4. The number of aromatic nitrogens is 8. The minimum atomic E-state index is -3.66. The lowest BCUT2D eigenvalue weighted by atomic mass is 9.85. The topological polar surface area (TPSA) is 453 Å². The lowest BCUT2D eigenvalue weighted by Gasteiger charge is -2.32. The molecule has 8 rings (SSSR count). The van der Waals surface area contributed by atoms with Crippen LogP contribution < -0.4 is 65.5 Å². The Kier molecular flexibility index (Phi) is 13.8. The summed E-state index contributed by atoms with van der Waals surface area (Å²) in [6.07, 6.45) is -34.7. The number of nitrogens with zero attached hydrogens (tertiary/aromatic N) is 8. The van der Waals surface area contributed by atoms with Crippen molar-refractivity contribution in [2.45, 2.75) is 258 Å². The average molecular weight is 1320 g/mol. The average Bonchev–Trinajstić information content (AvgIpc) is 0.683. The Morgan fingerprint density at radius 1 is 0.424 bits per heavy atom. The van der Waals surface area contributed by atoms with Gasteiger partial charge in [-0.15, -0.1) is 0 Å². The molecule has 4 aliphatic rings. The van der Waals surface area contributed by atoms with Crippen LogP contribution in [0.15, 0.2) is 24.8 Å². The van der Waals surface area contributed by atoms with E-state index < -0.39 is 239 Å². The van der Waals surface area contributed by atoms with Crippen LogP contribution in [-0.2, 0) is 0 Å². The summed E-state index contributed by atoms with van der Waals surface area (Å²) >= 11 is 0. The van der Waals surface area contributed by atoms with Crippen LogP contribution in [0, 0.1) is 23.6 Å². The second-order valence-electron chi connectivity index (χ2n) is 25.0. The molecule has 4 aliphatic carbocycles. The molecule has 0 bridgehead atoms. The predicted octanol–water partition coefficient (Wildman–Crippen LogP) is 6.99. The fraction of sp³-hybridized carbons (Fsp3) is 0.688. The molecule has 0 saturated heterocycles. The van der Waals surface area contributed by atoms with Gasteiger partial charge in [0.25, 0.3) is 23.6 Å². The molecule has 4 heterocycles. The first-order valence-electron chi connectivity index (χ1n) is 45.4. The van der Waals surface area contributed by atoms with Crippen LogP contribution in [0.2, 0.25) is 0 Å². The molecule has 4 aromatic heterocycles. The van der Waals surface area contributed by atoms with Crippen LogP contribution in [0.1, 0.15) is 275 Å². The third-order valence-electron chi connectivity index (χ3n) is 11.7. The number of aliphatic hydroxyl groups is 4. The number of primary amides is 4. The largest absolute Gasteiger partial charge is 0.393 e. The third kappa shape index (κ3) is 24.8. The highest BCUT2D eigenvalue weighted by atomic mass is 16.3. The predicted molar refractivity (Wildman–Crippen MR) is 361 cm³/mol. The summed E-state index contributed by atoms with van der Waals surface area (Å²) in [6, 6.07) is -9.82. The first kappa shape index (κ1) is 39.2. The van der Waals surface area contributed by atoms with Gasteiger partial charge in [-0.05, 0) is 183 Å². The highest BCUT2D eigenvalue weighted by Crippen LogP contribution is 2.32. The van der Waals surface area contributed by atoms with Gasteiger partial charge >= 0.3 is 0 Å². The Balaban J connectivity index is 0.000000298. The molecule has 28 nitrogen and oxygen atoms in total. The van der Waals surface area contributed by atoms with Gasteiger partial charge < -0.3 is 85.9 Å². The second-order valence-corrected chi connectivity index (χ2v) is 25.0. The maximum absolute atomic E-state index is 11.9. The molecule has 28 heteroatoms. The van der Waals surface area contributed by atoms with Crippen LogP contribution in [0.4, 0.5) is 47.1 Å². The summed E-state index contributed by atoms with van der Waals surface area (Å²) in [5, 5.41) is 63.1. The molecule has 4 saturated carbocycles. The van der Waals surface area contributed by atoms with Crippen molar-refractivity contribution in [3.8, 4) is 0 Å². The fourth-order valence-electron chi connectivity index (χ4n) is 7.56. The molecule has 4 aromatic rings. The monoisotopic (exact) mass is 1320 g/mol. The number of carbonyl (C=O) groups is 4. The Morgan fingerprint density at radius 2 is 0.728 bits per heavy atom. The summed E-state index contributed by atoms with van der Waals surface area (Å²) in [7, 11) is 0. The van der Waals surface area contributed by atoms with Gasteiger partial charge in [-0.1, -0.05) is 27.4 Å². The minimum absolute atomic E-state index is 0.00846. The van der Waals surface area contributed by atoms with Gasteiger partial charge in [0.1, 0.15) is 23.3 Å². The first-order chi connectivity index (χ1) is 55.8. The second kappa shape index (κ2) is 32.3. The summed E-state index contributed by atoms with van der Waals surface area (Å²) in [5.41, 5.74) is 18.2. The van der Waals surface area contributed by atoms with E-state index in [2.05, 4.69) is 82.4 Å². The van der Waals surface area contributed by atoms with Gasteiger partial charge in [-0.3, -0.25) is 19.2 Å². The highest BCUT2D eigenvalue weighted by molar-refractivity contribution is 5.99. The molecule has 512 valence electrons. The molecule has 13 atom stereocenters. The van der Waals surface area contributed by atoms with Crippen LogP contribution >= 0.6 is 0 Å². The molecular formula is C64H108N20O8. The number of aliphatic hydroxyl groups excluding tert-OH is 4. The van der Waals surface area contributed by atoms with Crippen molar-refractivity contribution in [2.24, 2.45) is 46.6 Å². The molecular weight excluding hydrogens is 1180 g/mol. The van der Waals surface area contributed by atoms with Gasteiger partial charge in [0.2, 0.25) is 23.8 Å². The molecule has 92 heavy (non-hydrogen) atoms. The van der Waals surface area contributed by atoms with Crippen LogP contribution in [0.3, 0.4) is 0 Å². The number of anilines is 8. The smallest absolute Gasteiger partial charge is 0.254 e. The Morgan fingerprint density at radius 3 is 1.08 bits per heavy atom. The van der Waals surface area contributed by atoms with E-state index in [-0.39, 0.29) is 52.1 Å². The molecule has 0 spiro atoms. The summed E-state index contributed by atoms with van der Waals surface area (Å²) in [5.74, 6) is -16.0. The fourth-order valence-corrected chi connectivity index (χ4v) is 7.56. The maximum atomic E-state index is 11.9. The third-order valence-corrected chi connectivity index (χ3v) is 11.7. The van der Waals surface area contributed by atoms with E-state index in [1.165, 1.54) is 0 Å². The van der Waals surface area contributed by atoms with E-state index in [1.807, 2.05) is 41.5 Å². The lowest BCUT2D eigenvalue weighted by molar-refractivity contribution is 0.0737. The Hall–Kier alpha value is -7.56. The van der Waals surface area contributed by atoms with Crippen molar-refractivity contribution < 1.29 is 86.2 Å². The van der Waals surface area contributed by atoms with E-state index in [0.717, 1.165) is 24.8 Å². The summed E-state index contributed by atoms with van der Waals surface area (Å²) in [6.45, 7) is 8.85. The molecule has 0 radical (unpaired) electrons. The van der Waals surface area contributed by atoms with E-state index in [9.17, 15) is 39.6 Å². The lowest BCUT2D eigenvalue weighted by Crippen LogP contribution is -2.36. The van der Waals surface area contributed by atoms with Crippen LogP contribution in [0.25, 0.3) is 0 Å². The van der Waals surface area contributed by atoms with Crippen molar-refractivity contribution in [1.82, 2.24) is 39.9 Å². The number of carbonyl (C=O) groups excluding carboxylic acids is 4. The van der Waals surface area contributed by atoms with Crippen molar-refractivity contribution in [3.05, 3.63) is 47.0 Å². The van der Waals surface area contributed by atoms with E-state index in [4.69, 9.17) is 69.5 Å². The number of nitrogens with one attached hydrogen (secondary N) is 8. The van der Waals surface area contributed by atoms with Gasteiger partial charge in [0, 0.05) is 114 Å². The number of nitrogens with two attached hydrogens (primary N) is 4. The molecule has 20 N–H and O–H groups in total. The van der Waals surface area contributed by atoms with E-state index in [1.54, 1.807) is 41.5 Å². The van der Waals surface area contributed by atoms with Crippen molar-refractivity contribution in [1.29, 1.82) is 0 Å². The summed E-state index contributed by atoms with van der Waals surface area (Å²) < 4.78 is 273. The van der Waals surface area contributed by atoms with Gasteiger partial charge in [0.15, 0.2) is 0 Å². The van der Waals surface area contributed by atoms with E-state index in [0.29, 0.717) is 0 Å². The van der Waals surface area contributed by atoms with Crippen LogP contribution in [0.5, 0.6) is 0 Å². The molecule has 13 unspecified atom stereocenters. The van der Waals surface area contributed by atoms with Gasteiger partial charge in [-0.2, -0.15) is 19.9 Å².